The normalized spacial score (nSPS) is 14.1. The van der Waals surface area contributed by atoms with Crippen LogP contribution in [0.4, 0.5) is 0 Å². The second-order valence-corrected chi connectivity index (χ2v) is 4.94. The summed E-state index contributed by atoms with van der Waals surface area (Å²) in [7, 11) is 3.76. The minimum absolute atomic E-state index is 0.166. The van der Waals surface area contributed by atoms with Crippen molar-refractivity contribution in [1.29, 1.82) is 0 Å². The second kappa shape index (κ2) is 6.08. The van der Waals surface area contributed by atoms with Crippen LogP contribution in [0.2, 0.25) is 0 Å². The van der Waals surface area contributed by atoms with Crippen molar-refractivity contribution in [2.45, 2.75) is 45.3 Å². The Bertz CT molecular complexity index is 197. The zero-order valence-electron chi connectivity index (χ0n) is 10.5. The predicted molar refractivity (Wildman–Crippen MR) is 61.6 cm³/mol. The topological polar surface area (TPSA) is 55.6 Å². The van der Waals surface area contributed by atoms with Crippen molar-refractivity contribution in [2.24, 2.45) is 5.73 Å². The summed E-state index contributed by atoms with van der Waals surface area (Å²) >= 11 is 0. The molecule has 0 fully saturated rings. The number of nitrogens with two attached hydrogens (primary N) is 1. The van der Waals surface area contributed by atoms with Gasteiger partial charge in [-0.15, -0.1) is 0 Å². The van der Waals surface area contributed by atoms with Gasteiger partial charge in [0.05, 0.1) is 0 Å². The van der Waals surface area contributed by atoms with Crippen LogP contribution < -0.4 is 5.73 Å². The molecule has 0 spiro atoms. The second-order valence-electron chi connectivity index (χ2n) is 4.94. The first-order chi connectivity index (χ1) is 6.78. The van der Waals surface area contributed by atoms with Gasteiger partial charge in [0, 0.05) is 0 Å². The summed E-state index contributed by atoms with van der Waals surface area (Å²) in [5, 5.41) is 0. The summed E-state index contributed by atoms with van der Waals surface area (Å²) in [5.41, 5.74) is 5.01. The third-order valence-electron chi connectivity index (χ3n) is 1.98. The van der Waals surface area contributed by atoms with E-state index >= 15 is 0 Å². The first-order valence-corrected chi connectivity index (χ1v) is 5.37. The highest BCUT2D eigenvalue weighted by Gasteiger charge is 2.26. The quantitative estimate of drug-likeness (QED) is 0.697. The third kappa shape index (κ3) is 6.47. The lowest BCUT2D eigenvalue weighted by atomic mass is 10.1. The first kappa shape index (κ1) is 14.4. The fourth-order valence-electron chi connectivity index (χ4n) is 1.27. The van der Waals surface area contributed by atoms with Gasteiger partial charge in [-0.05, 0) is 54.3 Å². The van der Waals surface area contributed by atoms with E-state index in [1.165, 1.54) is 0 Å². The molecule has 0 saturated heterocycles. The fourth-order valence-corrected chi connectivity index (χ4v) is 1.27. The van der Waals surface area contributed by atoms with Gasteiger partial charge in [-0.1, -0.05) is 0 Å². The molecule has 0 rings (SSSR count). The molecule has 0 bridgehead atoms. The molecule has 0 saturated carbocycles. The van der Waals surface area contributed by atoms with Gasteiger partial charge >= 0.3 is 5.97 Å². The Morgan fingerprint density at radius 3 is 2.27 bits per heavy atom. The van der Waals surface area contributed by atoms with E-state index in [9.17, 15) is 4.79 Å². The van der Waals surface area contributed by atoms with E-state index in [2.05, 4.69) is 0 Å². The van der Waals surface area contributed by atoms with Gasteiger partial charge in [0.15, 0.2) is 0 Å². The SMILES string of the molecule is CN(C)C(CCCN)C(=O)OC(C)(C)C. The Hall–Kier alpha value is -0.610. The van der Waals surface area contributed by atoms with Crippen LogP contribution in [-0.2, 0) is 9.53 Å². The number of hydrogen-bond donors (Lipinski definition) is 1. The number of esters is 1. The van der Waals surface area contributed by atoms with Gasteiger partial charge in [0.2, 0.25) is 0 Å². The molecule has 0 radical (unpaired) electrons. The van der Waals surface area contributed by atoms with Crippen LogP contribution in [-0.4, -0.2) is 43.2 Å². The maximum Gasteiger partial charge on any atom is 0.323 e. The maximum absolute atomic E-state index is 11.8. The Balaban J connectivity index is 4.29. The molecule has 90 valence electrons. The molecule has 0 aliphatic heterocycles. The fraction of sp³-hybridized carbons (Fsp3) is 0.909. The van der Waals surface area contributed by atoms with E-state index in [-0.39, 0.29) is 12.0 Å². The standard InChI is InChI=1S/C11H24N2O2/c1-11(2,3)15-10(14)9(13(4)5)7-6-8-12/h9H,6-8,12H2,1-5H3. The molecule has 15 heavy (non-hydrogen) atoms. The van der Waals surface area contributed by atoms with E-state index in [4.69, 9.17) is 10.5 Å². The summed E-state index contributed by atoms with van der Waals surface area (Å²) in [4.78, 5) is 13.7. The average molecular weight is 216 g/mol. The van der Waals surface area contributed by atoms with Crippen molar-refractivity contribution in [3.63, 3.8) is 0 Å². The maximum atomic E-state index is 11.8. The molecule has 2 N–H and O–H groups in total. The highest BCUT2D eigenvalue weighted by Crippen LogP contribution is 2.12. The molecule has 0 heterocycles. The van der Waals surface area contributed by atoms with Gasteiger partial charge in [-0.25, -0.2) is 0 Å². The summed E-state index contributed by atoms with van der Waals surface area (Å²) < 4.78 is 5.34. The van der Waals surface area contributed by atoms with Gasteiger partial charge in [-0.2, -0.15) is 0 Å². The van der Waals surface area contributed by atoms with Gasteiger partial charge < -0.3 is 10.5 Å². The van der Waals surface area contributed by atoms with Crippen LogP contribution in [0, 0.1) is 0 Å². The molecule has 0 aromatic heterocycles. The van der Waals surface area contributed by atoms with Crippen molar-refractivity contribution in [3.8, 4) is 0 Å². The molecule has 4 nitrogen and oxygen atoms in total. The number of carbonyl (C=O) groups excluding carboxylic acids is 1. The number of carbonyl (C=O) groups is 1. The zero-order valence-corrected chi connectivity index (χ0v) is 10.5. The van der Waals surface area contributed by atoms with E-state index in [1.807, 2.05) is 39.8 Å². The molecule has 0 aliphatic rings. The Morgan fingerprint density at radius 2 is 1.93 bits per heavy atom. The van der Waals surface area contributed by atoms with Crippen molar-refractivity contribution < 1.29 is 9.53 Å². The molecule has 0 aromatic carbocycles. The largest absolute Gasteiger partial charge is 0.459 e. The summed E-state index contributed by atoms with van der Waals surface area (Å²) in [6.45, 7) is 6.23. The smallest absolute Gasteiger partial charge is 0.323 e. The number of nitrogens with zero attached hydrogens (tertiary/aromatic N) is 1. The molecule has 0 aliphatic carbocycles. The van der Waals surface area contributed by atoms with Crippen LogP contribution in [0.3, 0.4) is 0 Å². The van der Waals surface area contributed by atoms with E-state index in [0.717, 1.165) is 12.8 Å². The highest BCUT2D eigenvalue weighted by atomic mass is 16.6. The third-order valence-corrected chi connectivity index (χ3v) is 1.98. The summed E-state index contributed by atoms with van der Waals surface area (Å²) in [6.07, 6.45) is 1.58. The lowest BCUT2D eigenvalue weighted by Gasteiger charge is -2.27. The van der Waals surface area contributed by atoms with Crippen molar-refractivity contribution in [2.75, 3.05) is 20.6 Å². The van der Waals surface area contributed by atoms with Crippen LogP contribution >= 0.6 is 0 Å². The molecule has 1 unspecified atom stereocenters. The van der Waals surface area contributed by atoms with Crippen LogP contribution in [0.15, 0.2) is 0 Å². The van der Waals surface area contributed by atoms with Crippen LogP contribution in [0.1, 0.15) is 33.6 Å². The molecule has 0 amide bonds. The molecule has 0 aromatic rings. The minimum atomic E-state index is -0.423. The van der Waals surface area contributed by atoms with Crippen molar-refractivity contribution >= 4 is 5.97 Å². The lowest BCUT2D eigenvalue weighted by molar-refractivity contribution is -0.160. The number of hydrogen-bond acceptors (Lipinski definition) is 4. The van der Waals surface area contributed by atoms with Gasteiger partial charge in [0.25, 0.3) is 0 Å². The van der Waals surface area contributed by atoms with E-state index in [0.29, 0.717) is 6.54 Å². The van der Waals surface area contributed by atoms with Crippen LogP contribution in [0.25, 0.3) is 0 Å². The molecule has 1 atom stereocenters. The first-order valence-electron chi connectivity index (χ1n) is 5.37. The minimum Gasteiger partial charge on any atom is -0.459 e. The van der Waals surface area contributed by atoms with Gasteiger partial charge in [-0.3, -0.25) is 9.69 Å². The monoisotopic (exact) mass is 216 g/mol. The van der Waals surface area contributed by atoms with E-state index < -0.39 is 5.60 Å². The number of likely N-dealkylation sites (N-methyl/N-ethyl adjacent to an activating group) is 1. The van der Waals surface area contributed by atoms with Gasteiger partial charge in [0.1, 0.15) is 11.6 Å². The Kier molecular flexibility index (Phi) is 5.83. The highest BCUT2D eigenvalue weighted by molar-refractivity contribution is 5.76. The number of ether oxygens (including phenoxy) is 1. The molecule has 4 heteroatoms. The molecular formula is C11H24N2O2. The summed E-state index contributed by atoms with van der Waals surface area (Å²) in [5.74, 6) is -0.166. The number of rotatable bonds is 5. The zero-order chi connectivity index (χ0) is 12.1. The van der Waals surface area contributed by atoms with Crippen LogP contribution in [0.5, 0.6) is 0 Å². The van der Waals surface area contributed by atoms with Crippen molar-refractivity contribution in [3.05, 3.63) is 0 Å². The lowest BCUT2D eigenvalue weighted by Crippen LogP contribution is -2.40. The van der Waals surface area contributed by atoms with E-state index in [1.54, 1.807) is 0 Å². The predicted octanol–water partition coefficient (Wildman–Crippen LogP) is 0.997. The Morgan fingerprint density at radius 1 is 1.40 bits per heavy atom. The average Bonchev–Trinajstić information content (AvgIpc) is 2.00. The van der Waals surface area contributed by atoms with Crippen molar-refractivity contribution in [1.82, 2.24) is 4.90 Å². The molecular weight excluding hydrogens is 192 g/mol. The Labute approximate surface area is 92.8 Å². The summed E-state index contributed by atoms with van der Waals surface area (Å²) in [6, 6.07) is -0.187.